The van der Waals surface area contributed by atoms with Crippen molar-refractivity contribution in [3.63, 3.8) is 0 Å². The molecule has 2 aromatic carbocycles. The van der Waals surface area contributed by atoms with Crippen molar-refractivity contribution in [2.75, 3.05) is 14.2 Å². The van der Waals surface area contributed by atoms with Gasteiger partial charge in [0.05, 0.1) is 20.3 Å². The van der Waals surface area contributed by atoms with Crippen LogP contribution < -0.4 is 19.5 Å². The highest BCUT2D eigenvalue weighted by Gasteiger charge is 2.22. The van der Waals surface area contributed by atoms with Gasteiger partial charge in [0.2, 0.25) is 0 Å². The normalized spacial score (nSPS) is 13.0. The third-order valence-electron chi connectivity index (χ3n) is 5.05. The third-order valence-corrected chi connectivity index (χ3v) is 5.05. The van der Waals surface area contributed by atoms with E-state index in [1.807, 2.05) is 45.0 Å². The minimum Gasteiger partial charge on any atom is -0.497 e. The predicted octanol–water partition coefficient (Wildman–Crippen LogP) is 5.17. The quantitative estimate of drug-likeness (QED) is 0.632. The molecule has 0 saturated carbocycles. The van der Waals surface area contributed by atoms with Crippen molar-refractivity contribution in [3.05, 3.63) is 53.1 Å². The van der Waals surface area contributed by atoms with Gasteiger partial charge in [-0.15, -0.1) is 0 Å². The molecule has 0 spiro atoms. The molecular weight excluding hydrogens is 366 g/mol. The molecule has 29 heavy (non-hydrogen) atoms. The summed E-state index contributed by atoms with van der Waals surface area (Å²) >= 11 is 0. The van der Waals surface area contributed by atoms with Crippen molar-refractivity contribution >= 4 is 5.91 Å². The van der Waals surface area contributed by atoms with E-state index >= 15 is 0 Å². The first-order valence-corrected chi connectivity index (χ1v) is 10.1. The number of hydrogen-bond acceptors (Lipinski definition) is 4. The fraction of sp³-hybridized carbons (Fsp3) is 0.458. The summed E-state index contributed by atoms with van der Waals surface area (Å²) < 4.78 is 16.7. The van der Waals surface area contributed by atoms with E-state index < -0.39 is 6.10 Å². The van der Waals surface area contributed by atoms with Crippen molar-refractivity contribution in [1.29, 1.82) is 0 Å². The minimum absolute atomic E-state index is 0.135. The van der Waals surface area contributed by atoms with E-state index in [4.69, 9.17) is 14.2 Å². The topological polar surface area (TPSA) is 56.8 Å². The van der Waals surface area contributed by atoms with Gasteiger partial charge in [0.1, 0.15) is 17.2 Å². The first kappa shape index (κ1) is 22.6. The molecule has 0 aliphatic heterocycles. The van der Waals surface area contributed by atoms with Crippen LogP contribution >= 0.6 is 0 Å². The van der Waals surface area contributed by atoms with Gasteiger partial charge in [-0.1, -0.05) is 26.8 Å². The molecular formula is C24H33NO4. The molecule has 2 rings (SSSR count). The highest BCUT2D eigenvalue weighted by atomic mass is 16.5. The van der Waals surface area contributed by atoms with Gasteiger partial charge in [0, 0.05) is 6.07 Å². The molecule has 0 radical (unpaired) electrons. The number of carbonyl (C=O) groups excluding carboxylic acids is 1. The summed E-state index contributed by atoms with van der Waals surface area (Å²) in [6.07, 6.45) is -0.0121. The number of carbonyl (C=O) groups is 1. The Kier molecular flexibility index (Phi) is 7.94. The molecule has 0 saturated heterocycles. The van der Waals surface area contributed by atoms with Crippen LogP contribution in [0.15, 0.2) is 36.4 Å². The Morgan fingerprint density at radius 3 is 2.28 bits per heavy atom. The second-order valence-corrected chi connectivity index (χ2v) is 7.53. The van der Waals surface area contributed by atoms with Crippen LogP contribution in [0.5, 0.6) is 17.2 Å². The Labute approximate surface area is 174 Å². The molecule has 0 aromatic heterocycles. The van der Waals surface area contributed by atoms with Gasteiger partial charge in [-0.2, -0.15) is 0 Å². The molecule has 0 aliphatic rings. The van der Waals surface area contributed by atoms with E-state index in [1.165, 1.54) is 0 Å². The van der Waals surface area contributed by atoms with Crippen molar-refractivity contribution in [1.82, 2.24) is 5.32 Å². The van der Waals surface area contributed by atoms with Crippen LogP contribution in [0.1, 0.15) is 62.8 Å². The fourth-order valence-corrected chi connectivity index (χ4v) is 3.36. The van der Waals surface area contributed by atoms with E-state index in [1.54, 1.807) is 20.3 Å². The molecule has 158 valence electrons. The Morgan fingerprint density at radius 1 is 1.00 bits per heavy atom. The number of amides is 1. The van der Waals surface area contributed by atoms with Gasteiger partial charge < -0.3 is 19.5 Å². The predicted molar refractivity (Wildman–Crippen MR) is 116 cm³/mol. The Bertz CT molecular complexity index is 832. The van der Waals surface area contributed by atoms with Crippen LogP contribution in [0, 0.1) is 6.92 Å². The Balaban J connectivity index is 2.16. The summed E-state index contributed by atoms with van der Waals surface area (Å²) in [5.41, 5.74) is 3.30. The average molecular weight is 400 g/mol. The van der Waals surface area contributed by atoms with Gasteiger partial charge in [0.15, 0.2) is 6.10 Å². The molecule has 1 N–H and O–H groups in total. The van der Waals surface area contributed by atoms with E-state index in [-0.39, 0.29) is 11.9 Å². The number of ether oxygens (including phenoxy) is 3. The van der Waals surface area contributed by atoms with Crippen LogP contribution in [0.2, 0.25) is 0 Å². The van der Waals surface area contributed by atoms with Gasteiger partial charge >= 0.3 is 0 Å². The Morgan fingerprint density at radius 2 is 1.69 bits per heavy atom. The van der Waals surface area contributed by atoms with Crippen molar-refractivity contribution < 1.29 is 19.0 Å². The van der Waals surface area contributed by atoms with Crippen LogP contribution in [-0.2, 0) is 4.79 Å². The lowest BCUT2D eigenvalue weighted by molar-refractivity contribution is -0.128. The summed E-state index contributed by atoms with van der Waals surface area (Å²) in [5.74, 6) is 2.38. The summed E-state index contributed by atoms with van der Waals surface area (Å²) in [6.45, 7) is 10.2. The van der Waals surface area contributed by atoms with Gasteiger partial charge in [-0.05, 0) is 67.1 Å². The zero-order chi connectivity index (χ0) is 21.6. The smallest absolute Gasteiger partial charge is 0.261 e. The molecule has 5 heteroatoms. The lowest BCUT2D eigenvalue weighted by Gasteiger charge is -2.23. The zero-order valence-corrected chi connectivity index (χ0v) is 18.5. The van der Waals surface area contributed by atoms with Gasteiger partial charge in [-0.25, -0.2) is 0 Å². The summed E-state index contributed by atoms with van der Waals surface area (Å²) in [4.78, 5) is 12.9. The molecule has 0 heterocycles. The van der Waals surface area contributed by atoms with E-state index in [2.05, 4.69) is 25.2 Å². The second-order valence-electron chi connectivity index (χ2n) is 7.53. The average Bonchev–Trinajstić information content (AvgIpc) is 2.71. The molecule has 5 nitrogen and oxygen atoms in total. The summed E-state index contributed by atoms with van der Waals surface area (Å²) in [5, 5.41) is 3.10. The fourth-order valence-electron chi connectivity index (χ4n) is 3.36. The standard InChI is InChI=1S/C24H33NO4/c1-8-22(29-19-11-9-10-18(13-19)27-6)24(26)25-17(5)21-14-20(15(2)3)23(28-7)12-16(21)4/h9-15,17,22H,8H2,1-7H3,(H,25,26)/t17-,22+/m0/s1. The maximum Gasteiger partial charge on any atom is 0.261 e. The van der Waals surface area contributed by atoms with Crippen LogP contribution in [0.25, 0.3) is 0 Å². The molecule has 0 bridgehead atoms. The highest BCUT2D eigenvalue weighted by Crippen LogP contribution is 2.32. The van der Waals surface area contributed by atoms with Crippen LogP contribution in [-0.4, -0.2) is 26.2 Å². The summed E-state index contributed by atoms with van der Waals surface area (Å²) in [6, 6.07) is 11.3. The van der Waals surface area contributed by atoms with Crippen molar-refractivity contribution in [2.45, 2.75) is 59.1 Å². The minimum atomic E-state index is -0.576. The first-order valence-electron chi connectivity index (χ1n) is 10.1. The van der Waals surface area contributed by atoms with Crippen LogP contribution in [0.4, 0.5) is 0 Å². The van der Waals surface area contributed by atoms with Crippen molar-refractivity contribution in [2.24, 2.45) is 0 Å². The largest absolute Gasteiger partial charge is 0.497 e. The Hall–Kier alpha value is -2.69. The van der Waals surface area contributed by atoms with E-state index in [0.29, 0.717) is 23.8 Å². The molecule has 0 aliphatic carbocycles. The number of nitrogens with one attached hydrogen (secondary N) is 1. The number of rotatable bonds is 9. The van der Waals surface area contributed by atoms with Gasteiger partial charge in [-0.3, -0.25) is 4.79 Å². The monoisotopic (exact) mass is 399 g/mol. The maximum absolute atomic E-state index is 12.9. The summed E-state index contributed by atoms with van der Waals surface area (Å²) in [7, 11) is 3.29. The maximum atomic E-state index is 12.9. The lowest BCUT2D eigenvalue weighted by atomic mass is 9.93. The highest BCUT2D eigenvalue weighted by molar-refractivity contribution is 5.81. The molecule has 0 unspecified atom stereocenters. The number of benzene rings is 2. The molecule has 1 amide bonds. The first-order chi connectivity index (χ1) is 13.8. The second kappa shape index (κ2) is 10.2. The SMILES string of the molecule is CC[C@@H](Oc1cccc(OC)c1)C(=O)N[C@@H](C)c1cc(C(C)C)c(OC)cc1C. The number of methoxy groups -OCH3 is 2. The molecule has 2 aromatic rings. The van der Waals surface area contributed by atoms with Crippen LogP contribution in [0.3, 0.4) is 0 Å². The van der Waals surface area contributed by atoms with E-state index in [0.717, 1.165) is 22.4 Å². The lowest BCUT2D eigenvalue weighted by Crippen LogP contribution is -2.39. The van der Waals surface area contributed by atoms with Gasteiger partial charge in [0.25, 0.3) is 5.91 Å². The third kappa shape index (κ3) is 5.66. The number of hydrogen-bond donors (Lipinski definition) is 1. The molecule has 2 atom stereocenters. The molecule has 0 fully saturated rings. The zero-order valence-electron chi connectivity index (χ0n) is 18.5. The number of aryl methyl sites for hydroxylation is 1. The van der Waals surface area contributed by atoms with E-state index in [9.17, 15) is 4.79 Å². The van der Waals surface area contributed by atoms with Crippen molar-refractivity contribution in [3.8, 4) is 17.2 Å².